The summed E-state index contributed by atoms with van der Waals surface area (Å²) in [5, 5.41) is 5.81. The summed E-state index contributed by atoms with van der Waals surface area (Å²) in [6.07, 6.45) is 1.35. The normalized spacial score (nSPS) is 24.5. The molecule has 3 saturated heterocycles. The Morgan fingerprint density at radius 3 is 2.75 bits per heavy atom. The van der Waals surface area contributed by atoms with Crippen LogP contribution in [-0.2, 0) is 16.1 Å². The molecule has 4 rings (SSSR count). The average molecular weight is 386 g/mol. The van der Waals surface area contributed by atoms with Crippen LogP contribution in [0.4, 0.5) is 4.79 Å². The van der Waals surface area contributed by atoms with Crippen LogP contribution in [0.25, 0.3) is 0 Å². The van der Waals surface area contributed by atoms with E-state index in [4.69, 9.17) is 4.74 Å². The SMILES string of the molecule is O=C1CC2(CCN(C(=O)NCc3cccc(C(=O)N4CCOCC4)c3)C2)CN1. The second kappa shape index (κ2) is 7.79. The summed E-state index contributed by atoms with van der Waals surface area (Å²) in [5.41, 5.74) is 1.42. The van der Waals surface area contributed by atoms with E-state index in [0.29, 0.717) is 64.5 Å². The van der Waals surface area contributed by atoms with Crippen molar-refractivity contribution >= 4 is 17.8 Å². The first-order valence-electron chi connectivity index (χ1n) is 9.80. The van der Waals surface area contributed by atoms with Crippen LogP contribution in [0.5, 0.6) is 0 Å². The molecular formula is C20H26N4O4. The lowest BCUT2D eigenvalue weighted by atomic mass is 9.86. The number of nitrogens with one attached hydrogen (secondary N) is 2. The van der Waals surface area contributed by atoms with E-state index in [-0.39, 0.29) is 23.3 Å². The second-order valence-corrected chi connectivity index (χ2v) is 7.89. The molecule has 150 valence electrons. The first-order chi connectivity index (χ1) is 13.5. The van der Waals surface area contributed by atoms with E-state index in [9.17, 15) is 14.4 Å². The second-order valence-electron chi connectivity index (χ2n) is 7.89. The summed E-state index contributed by atoms with van der Waals surface area (Å²) in [4.78, 5) is 40.2. The molecule has 0 aliphatic carbocycles. The minimum absolute atomic E-state index is 0.00337. The molecule has 1 aromatic rings. The van der Waals surface area contributed by atoms with Crippen molar-refractivity contribution < 1.29 is 19.1 Å². The van der Waals surface area contributed by atoms with E-state index >= 15 is 0 Å². The van der Waals surface area contributed by atoms with E-state index in [1.54, 1.807) is 15.9 Å². The monoisotopic (exact) mass is 386 g/mol. The van der Waals surface area contributed by atoms with Crippen LogP contribution in [0, 0.1) is 5.41 Å². The van der Waals surface area contributed by atoms with Crippen molar-refractivity contribution in [3.05, 3.63) is 35.4 Å². The number of hydrogen-bond acceptors (Lipinski definition) is 4. The number of ether oxygens (including phenoxy) is 1. The van der Waals surface area contributed by atoms with Crippen molar-refractivity contribution in [1.29, 1.82) is 0 Å². The van der Waals surface area contributed by atoms with Crippen LogP contribution in [0.3, 0.4) is 0 Å². The molecule has 0 aromatic heterocycles. The maximum atomic E-state index is 12.6. The molecule has 8 heteroatoms. The quantitative estimate of drug-likeness (QED) is 0.795. The van der Waals surface area contributed by atoms with Crippen LogP contribution >= 0.6 is 0 Å². The van der Waals surface area contributed by atoms with Gasteiger partial charge in [0.05, 0.1) is 13.2 Å². The van der Waals surface area contributed by atoms with Gasteiger partial charge in [-0.3, -0.25) is 9.59 Å². The molecular weight excluding hydrogens is 360 g/mol. The molecule has 1 unspecified atom stereocenters. The summed E-state index contributed by atoms with van der Waals surface area (Å²) >= 11 is 0. The summed E-state index contributed by atoms with van der Waals surface area (Å²) in [7, 11) is 0. The third-order valence-electron chi connectivity index (χ3n) is 5.84. The zero-order valence-electron chi connectivity index (χ0n) is 15.9. The molecule has 1 aromatic carbocycles. The number of carbonyl (C=O) groups excluding carboxylic acids is 3. The third-order valence-corrected chi connectivity index (χ3v) is 5.84. The number of morpholine rings is 1. The Labute approximate surface area is 164 Å². The van der Waals surface area contributed by atoms with Crippen molar-refractivity contribution in [1.82, 2.24) is 20.4 Å². The topological polar surface area (TPSA) is 91.0 Å². The van der Waals surface area contributed by atoms with E-state index in [1.807, 2.05) is 18.2 Å². The Morgan fingerprint density at radius 1 is 1.18 bits per heavy atom. The Hall–Kier alpha value is -2.61. The minimum atomic E-state index is -0.124. The maximum absolute atomic E-state index is 12.6. The molecule has 1 atom stereocenters. The fraction of sp³-hybridized carbons (Fsp3) is 0.550. The summed E-state index contributed by atoms with van der Waals surface area (Å²) in [6, 6.07) is 7.26. The molecule has 28 heavy (non-hydrogen) atoms. The molecule has 2 N–H and O–H groups in total. The lowest BCUT2D eigenvalue weighted by Gasteiger charge is -2.27. The predicted octanol–water partition coefficient (Wildman–Crippen LogP) is 0.581. The fourth-order valence-corrected chi connectivity index (χ4v) is 4.20. The fourth-order valence-electron chi connectivity index (χ4n) is 4.20. The van der Waals surface area contributed by atoms with E-state index in [0.717, 1.165) is 12.0 Å². The molecule has 8 nitrogen and oxygen atoms in total. The van der Waals surface area contributed by atoms with Crippen molar-refractivity contribution in [3.8, 4) is 0 Å². The highest BCUT2D eigenvalue weighted by Gasteiger charge is 2.45. The number of hydrogen-bond donors (Lipinski definition) is 2. The van der Waals surface area contributed by atoms with Gasteiger partial charge in [-0.25, -0.2) is 4.79 Å². The molecule has 3 aliphatic rings. The van der Waals surface area contributed by atoms with Gasteiger partial charge < -0.3 is 25.2 Å². The number of likely N-dealkylation sites (tertiary alicyclic amines) is 1. The van der Waals surface area contributed by atoms with Crippen LogP contribution < -0.4 is 10.6 Å². The number of amides is 4. The number of carbonyl (C=O) groups is 3. The zero-order chi connectivity index (χ0) is 19.6. The molecule has 0 radical (unpaired) electrons. The molecule has 0 saturated carbocycles. The van der Waals surface area contributed by atoms with Gasteiger partial charge in [-0.1, -0.05) is 12.1 Å². The van der Waals surface area contributed by atoms with Crippen LogP contribution in [0.1, 0.15) is 28.8 Å². The highest BCUT2D eigenvalue weighted by Crippen LogP contribution is 2.36. The van der Waals surface area contributed by atoms with Gasteiger partial charge in [0.2, 0.25) is 5.91 Å². The average Bonchev–Trinajstić information content (AvgIpc) is 3.32. The molecule has 1 spiro atoms. The van der Waals surface area contributed by atoms with Crippen molar-refractivity contribution in [3.63, 3.8) is 0 Å². The first-order valence-corrected chi connectivity index (χ1v) is 9.80. The molecule has 3 fully saturated rings. The van der Waals surface area contributed by atoms with E-state index in [2.05, 4.69) is 10.6 Å². The van der Waals surface area contributed by atoms with Gasteiger partial charge in [0.1, 0.15) is 0 Å². The predicted molar refractivity (Wildman–Crippen MR) is 102 cm³/mol. The Morgan fingerprint density at radius 2 is 2.00 bits per heavy atom. The standard InChI is InChI=1S/C20H26N4O4/c25-17-11-20(13-22-17)4-5-24(14-20)19(27)21-12-15-2-1-3-16(10-15)18(26)23-6-8-28-9-7-23/h1-3,10H,4-9,11-14H2,(H,21,27)(H,22,25). The Bertz CT molecular complexity index is 777. The van der Waals surface area contributed by atoms with Crippen molar-refractivity contribution in [2.75, 3.05) is 45.9 Å². The summed E-state index contributed by atoms with van der Waals surface area (Å²) in [5.74, 6) is 0.0698. The van der Waals surface area contributed by atoms with Gasteiger partial charge in [0.15, 0.2) is 0 Å². The Kier molecular flexibility index (Phi) is 5.21. The van der Waals surface area contributed by atoms with Crippen LogP contribution in [0.15, 0.2) is 24.3 Å². The minimum Gasteiger partial charge on any atom is -0.378 e. The number of urea groups is 1. The smallest absolute Gasteiger partial charge is 0.317 e. The highest BCUT2D eigenvalue weighted by atomic mass is 16.5. The lowest BCUT2D eigenvalue weighted by molar-refractivity contribution is -0.119. The van der Waals surface area contributed by atoms with Gasteiger partial charge in [-0.05, 0) is 24.1 Å². The molecule has 3 heterocycles. The Balaban J connectivity index is 1.32. The molecule has 3 aliphatic heterocycles. The first kappa shape index (κ1) is 18.7. The zero-order valence-corrected chi connectivity index (χ0v) is 15.9. The summed E-state index contributed by atoms with van der Waals surface area (Å²) in [6.45, 7) is 4.64. The largest absolute Gasteiger partial charge is 0.378 e. The number of benzene rings is 1. The van der Waals surface area contributed by atoms with Gasteiger partial charge in [0, 0.05) is 56.7 Å². The van der Waals surface area contributed by atoms with Crippen LogP contribution in [-0.4, -0.2) is 73.6 Å². The van der Waals surface area contributed by atoms with Gasteiger partial charge in [-0.15, -0.1) is 0 Å². The summed E-state index contributed by atoms with van der Waals surface area (Å²) < 4.78 is 5.30. The number of nitrogens with zero attached hydrogens (tertiary/aromatic N) is 2. The lowest BCUT2D eigenvalue weighted by Crippen LogP contribution is -2.41. The van der Waals surface area contributed by atoms with Gasteiger partial charge in [0.25, 0.3) is 5.91 Å². The van der Waals surface area contributed by atoms with Crippen molar-refractivity contribution in [2.24, 2.45) is 5.41 Å². The van der Waals surface area contributed by atoms with Crippen LogP contribution in [0.2, 0.25) is 0 Å². The molecule has 4 amide bonds. The maximum Gasteiger partial charge on any atom is 0.317 e. The molecule has 0 bridgehead atoms. The van der Waals surface area contributed by atoms with E-state index < -0.39 is 0 Å². The van der Waals surface area contributed by atoms with Gasteiger partial charge in [-0.2, -0.15) is 0 Å². The highest BCUT2D eigenvalue weighted by molar-refractivity contribution is 5.94. The van der Waals surface area contributed by atoms with Gasteiger partial charge >= 0.3 is 6.03 Å². The third kappa shape index (κ3) is 3.96. The number of rotatable bonds is 3. The van der Waals surface area contributed by atoms with Crippen molar-refractivity contribution in [2.45, 2.75) is 19.4 Å². The van der Waals surface area contributed by atoms with E-state index in [1.165, 1.54) is 0 Å².